The maximum atomic E-state index is 2.39. The lowest BCUT2D eigenvalue weighted by molar-refractivity contribution is 0.660. The number of hydrogen-bond acceptors (Lipinski definition) is 0. The highest BCUT2D eigenvalue weighted by Gasteiger charge is 2.35. The fourth-order valence-corrected chi connectivity index (χ4v) is 7.08. The van der Waals surface area contributed by atoms with Crippen molar-refractivity contribution in [2.45, 2.75) is 19.3 Å². The molecule has 0 bridgehead atoms. The van der Waals surface area contributed by atoms with Crippen molar-refractivity contribution in [1.29, 1.82) is 0 Å². The predicted octanol–water partition coefficient (Wildman–Crippen LogP) is 11.3. The number of rotatable bonds is 3. The van der Waals surface area contributed by atoms with Crippen LogP contribution in [0.25, 0.3) is 66.1 Å². The maximum absolute atomic E-state index is 2.39. The average molecular weight is 523 g/mol. The van der Waals surface area contributed by atoms with E-state index in [0.717, 1.165) is 0 Å². The van der Waals surface area contributed by atoms with Crippen molar-refractivity contribution in [3.8, 4) is 44.5 Å². The second kappa shape index (κ2) is 9.04. The summed E-state index contributed by atoms with van der Waals surface area (Å²) in [5, 5.41) is 5.15. The van der Waals surface area contributed by atoms with Gasteiger partial charge in [-0.2, -0.15) is 0 Å². The minimum Gasteiger partial charge on any atom is -0.0622 e. The van der Waals surface area contributed by atoms with E-state index in [9.17, 15) is 0 Å². The smallest absolute Gasteiger partial charge is 0.0158 e. The third-order valence-electron chi connectivity index (χ3n) is 9.08. The summed E-state index contributed by atoms with van der Waals surface area (Å²) in [7, 11) is 0. The molecule has 41 heavy (non-hydrogen) atoms. The van der Waals surface area contributed by atoms with Crippen molar-refractivity contribution in [3.63, 3.8) is 0 Å². The Labute approximate surface area is 241 Å². The van der Waals surface area contributed by atoms with Crippen LogP contribution < -0.4 is 0 Å². The molecule has 0 saturated heterocycles. The molecule has 0 nitrogen and oxygen atoms in total. The normalized spacial score (nSPS) is 13.3. The summed E-state index contributed by atoms with van der Waals surface area (Å²) >= 11 is 0. The topological polar surface area (TPSA) is 0 Å². The first kappa shape index (κ1) is 23.9. The molecule has 0 amide bonds. The zero-order chi connectivity index (χ0) is 27.6. The van der Waals surface area contributed by atoms with Crippen molar-refractivity contribution >= 4 is 21.5 Å². The molecule has 0 N–H and O–H groups in total. The first-order valence-corrected chi connectivity index (χ1v) is 14.5. The largest absolute Gasteiger partial charge is 0.0622 e. The second-order valence-corrected chi connectivity index (χ2v) is 11.7. The molecule has 0 radical (unpaired) electrons. The zero-order valence-electron chi connectivity index (χ0n) is 23.4. The molecule has 0 fully saturated rings. The molecule has 194 valence electrons. The number of hydrogen-bond donors (Lipinski definition) is 0. The number of fused-ring (bicyclic) bond motifs is 5. The van der Waals surface area contributed by atoms with Crippen molar-refractivity contribution in [1.82, 2.24) is 0 Å². The van der Waals surface area contributed by atoms with Gasteiger partial charge in [-0.05, 0) is 83.2 Å². The summed E-state index contributed by atoms with van der Waals surface area (Å²) in [6.45, 7) is 4.67. The van der Waals surface area contributed by atoms with E-state index < -0.39 is 0 Å². The Hall–Kier alpha value is -4.94. The second-order valence-electron chi connectivity index (χ2n) is 11.7. The highest BCUT2D eigenvalue weighted by atomic mass is 14.4. The molecule has 0 heterocycles. The fraction of sp³-hybridized carbons (Fsp3) is 0.0732. The Balaban J connectivity index is 1.29. The quantitative estimate of drug-likeness (QED) is 0.202. The molecule has 0 spiro atoms. The molecule has 8 rings (SSSR count). The van der Waals surface area contributed by atoms with Gasteiger partial charge < -0.3 is 0 Å². The average Bonchev–Trinajstić information content (AvgIpc) is 3.26. The predicted molar refractivity (Wildman–Crippen MR) is 175 cm³/mol. The van der Waals surface area contributed by atoms with E-state index in [0.29, 0.717) is 0 Å². The highest BCUT2D eigenvalue weighted by Crippen LogP contribution is 2.49. The lowest BCUT2D eigenvalue weighted by Crippen LogP contribution is -2.14. The molecule has 1 aliphatic carbocycles. The third-order valence-corrected chi connectivity index (χ3v) is 9.08. The van der Waals surface area contributed by atoms with Gasteiger partial charge in [-0.3, -0.25) is 0 Å². The molecular weight excluding hydrogens is 492 g/mol. The number of benzene rings is 7. The Morgan fingerprint density at radius 1 is 0.341 bits per heavy atom. The van der Waals surface area contributed by atoms with Gasteiger partial charge >= 0.3 is 0 Å². The molecule has 0 aromatic heterocycles. The molecule has 0 aliphatic heterocycles. The van der Waals surface area contributed by atoms with E-state index in [1.165, 1.54) is 77.2 Å². The van der Waals surface area contributed by atoms with Crippen molar-refractivity contribution < 1.29 is 0 Å². The van der Waals surface area contributed by atoms with Gasteiger partial charge in [0.05, 0.1) is 0 Å². The van der Waals surface area contributed by atoms with Crippen molar-refractivity contribution in [3.05, 3.63) is 157 Å². The van der Waals surface area contributed by atoms with Crippen LogP contribution >= 0.6 is 0 Å². The Morgan fingerprint density at radius 3 is 1.39 bits per heavy atom. The molecule has 0 atom stereocenters. The van der Waals surface area contributed by atoms with Gasteiger partial charge in [0, 0.05) is 5.41 Å². The minimum absolute atomic E-state index is 0.0301. The SMILES string of the molecule is CC1(C)c2ccccc2-c2cc(-c3ccc(-c4c5ccccc5c(-c5ccccc5)c5ccccc45)cc3)ccc21. The van der Waals surface area contributed by atoms with Crippen LogP contribution in [0.3, 0.4) is 0 Å². The van der Waals surface area contributed by atoms with E-state index in [1.54, 1.807) is 0 Å². The monoisotopic (exact) mass is 522 g/mol. The lowest BCUT2D eigenvalue weighted by atomic mass is 9.82. The summed E-state index contributed by atoms with van der Waals surface area (Å²) < 4.78 is 0. The van der Waals surface area contributed by atoms with Gasteiger partial charge in [-0.25, -0.2) is 0 Å². The molecule has 0 heteroatoms. The standard InChI is InChI=1S/C41H30/c1-41(2)37-19-11-10-14-31(37)36-26-30(24-25-38(36)41)27-20-22-29(23-21-27)40-34-17-8-6-15-32(34)39(28-12-4-3-5-13-28)33-16-7-9-18-35(33)40/h3-26H,1-2H3. The Morgan fingerprint density at radius 2 is 0.780 bits per heavy atom. The van der Waals surface area contributed by atoms with Crippen LogP contribution in [0.15, 0.2) is 146 Å². The van der Waals surface area contributed by atoms with Crippen molar-refractivity contribution in [2.24, 2.45) is 0 Å². The van der Waals surface area contributed by atoms with E-state index in [1.807, 2.05) is 0 Å². The summed E-state index contributed by atoms with van der Waals surface area (Å²) in [6.07, 6.45) is 0. The summed E-state index contributed by atoms with van der Waals surface area (Å²) in [5.41, 5.74) is 13.2. The van der Waals surface area contributed by atoms with Crippen LogP contribution in [0.1, 0.15) is 25.0 Å². The summed E-state index contributed by atoms with van der Waals surface area (Å²) in [4.78, 5) is 0. The van der Waals surface area contributed by atoms with Gasteiger partial charge in [-0.15, -0.1) is 0 Å². The molecule has 1 aliphatic rings. The summed E-state index contributed by atoms with van der Waals surface area (Å²) in [5.74, 6) is 0. The first-order chi connectivity index (χ1) is 20.1. The molecule has 0 saturated carbocycles. The van der Waals surface area contributed by atoms with E-state index in [2.05, 4.69) is 159 Å². The van der Waals surface area contributed by atoms with Gasteiger partial charge in [-0.1, -0.05) is 153 Å². The van der Waals surface area contributed by atoms with E-state index in [-0.39, 0.29) is 5.41 Å². The van der Waals surface area contributed by atoms with Crippen LogP contribution in [0.2, 0.25) is 0 Å². The summed E-state index contributed by atoms with van der Waals surface area (Å²) in [6, 6.07) is 53.6. The van der Waals surface area contributed by atoms with Gasteiger partial charge in [0.25, 0.3) is 0 Å². The van der Waals surface area contributed by atoms with Crippen LogP contribution in [-0.2, 0) is 5.41 Å². The van der Waals surface area contributed by atoms with Gasteiger partial charge in [0.15, 0.2) is 0 Å². The fourth-order valence-electron chi connectivity index (χ4n) is 7.08. The molecular formula is C41H30. The zero-order valence-corrected chi connectivity index (χ0v) is 23.4. The maximum Gasteiger partial charge on any atom is 0.0158 e. The lowest BCUT2D eigenvalue weighted by Gasteiger charge is -2.21. The van der Waals surface area contributed by atoms with Crippen LogP contribution in [0, 0.1) is 0 Å². The van der Waals surface area contributed by atoms with E-state index >= 15 is 0 Å². The molecule has 7 aromatic rings. The molecule has 7 aromatic carbocycles. The first-order valence-electron chi connectivity index (χ1n) is 14.5. The Kier molecular flexibility index (Phi) is 5.27. The van der Waals surface area contributed by atoms with Crippen LogP contribution in [0.4, 0.5) is 0 Å². The van der Waals surface area contributed by atoms with Crippen LogP contribution in [0.5, 0.6) is 0 Å². The Bertz CT molecular complexity index is 2040. The van der Waals surface area contributed by atoms with Gasteiger partial charge in [0.1, 0.15) is 0 Å². The third kappa shape index (κ3) is 3.61. The molecule has 0 unspecified atom stereocenters. The van der Waals surface area contributed by atoms with E-state index in [4.69, 9.17) is 0 Å². The van der Waals surface area contributed by atoms with Gasteiger partial charge in [0.2, 0.25) is 0 Å². The van der Waals surface area contributed by atoms with Crippen molar-refractivity contribution in [2.75, 3.05) is 0 Å². The minimum atomic E-state index is 0.0301. The highest BCUT2D eigenvalue weighted by molar-refractivity contribution is 6.21. The van der Waals surface area contributed by atoms with Crippen LogP contribution in [-0.4, -0.2) is 0 Å².